The lowest BCUT2D eigenvalue weighted by Gasteiger charge is -2.35. The number of urea groups is 1. The van der Waals surface area contributed by atoms with Crippen molar-refractivity contribution in [2.24, 2.45) is 0 Å². The fourth-order valence-electron chi connectivity index (χ4n) is 3.58. The summed E-state index contributed by atoms with van der Waals surface area (Å²) in [4.78, 5) is 41.4. The first-order valence-electron chi connectivity index (χ1n) is 9.95. The number of rotatable bonds is 6. The number of nitrogens with zero attached hydrogens (tertiary/aromatic N) is 3. The van der Waals surface area contributed by atoms with Gasteiger partial charge in [-0.2, -0.15) is 0 Å². The van der Waals surface area contributed by atoms with Gasteiger partial charge in [-0.05, 0) is 12.1 Å². The minimum absolute atomic E-state index is 0.0411. The molecule has 1 aromatic heterocycles. The third kappa shape index (κ3) is 4.62. The highest BCUT2D eigenvalue weighted by molar-refractivity contribution is 5.96. The molecule has 2 aromatic rings. The van der Waals surface area contributed by atoms with E-state index in [9.17, 15) is 14.4 Å². The monoisotopic (exact) mass is 412 g/mol. The van der Waals surface area contributed by atoms with Crippen molar-refractivity contribution in [3.63, 3.8) is 0 Å². The maximum Gasteiger partial charge on any atom is 0.324 e. The van der Waals surface area contributed by atoms with Crippen molar-refractivity contribution in [2.45, 2.75) is 6.54 Å². The fraction of sp³-hybridized carbons (Fsp3) is 0.381. The minimum Gasteiger partial charge on any atom is -0.477 e. The van der Waals surface area contributed by atoms with Crippen LogP contribution in [0.2, 0.25) is 0 Å². The lowest BCUT2D eigenvalue weighted by atomic mass is 10.2. The molecule has 4 rings (SSSR count). The normalized spacial score (nSPS) is 17.1. The number of anilines is 1. The smallest absolute Gasteiger partial charge is 0.324 e. The van der Waals surface area contributed by atoms with Crippen LogP contribution in [0.1, 0.15) is 5.76 Å². The fourth-order valence-corrected chi connectivity index (χ4v) is 3.58. The van der Waals surface area contributed by atoms with Gasteiger partial charge in [-0.15, -0.1) is 0 Å². The lowest BCUT2D eigenvalue weighted by molar-refractivity contribution is -0.129. The van der Waals surface area contributed by atoms with Crippen molar-refractivity contribution in [3.05, 3.63) is 58.6 Å². The summed E-state index contributed by atoms with van der Waals surface area (Å²) in [6, 6.07) is 11.2. The number of ether oxygens (including phenoxy) is 1. The molecular formula is C21H24N4O5. The summed E-state index contributed by atoms with van der Waals surface area (Å²) in [5, 5.41) is 2.54. The van der Waals surface area contributed by atoms with Crippen molar-refractivity contribution in [2.75, 3.05) is 50.8 Å². The average Bonchev–Trinajstić information content (AvgIpc) is 3.20. The van der Waals surface area contributed by atoms with E-state index in [1.54, 1.807) is 0 Å². The Morgan fingerprint density at radius 3 is 2.50 bits per heavy atom. The summed E-state index contributed by atoms with van der Waals surface area (Å²) in [6.07, 6.45) is 1.23. The van der Waals surface area contributed by atoms with Gasteiger partial charge in [0.25, 0.3) is 5.91 Å². The van der Waals surface area contributed by atoms with Gasteiger partial charge in [0.1, 0.15) is 12.0 Å². The van der Waals surface area contributed by atoms with Gasteiger partial charge in [0.15, 0.2) is 6.61 Å². The molecular weight excluding hydrogens is 388 g/mol. The Morgan fingerprint density at radius 2 is 1.83 bits per heavy atom. The summed E-state index contributed by atoms with van der Waals surface area (Å²) in [5.41, 5.74) is 0.865. The molecule has 0 atom stereocenters. The molecule has 2 aliphatic heterocycles. The largest absolute Gasteiger partial charge is 0.477 e. The van der Waals surface area contributed by atoms with E-state index in [1.165, 1.54) is 18.0 Å². The predicted molar refractivity (Wildman–Crippen MR) is 110 cm³/mol. The topological polar surface area (TPSA) is 95.3 Å². The van der Waals surface area contributed by atoms with Crippen LogP contribution in [0.3, 0.4) is 0 Å². The predicted octanol–water partition coefficient (Wildman–Crippen LogP) is 0.893. The Labute approximate surface area is 173 Å². The summed E-state index contributed by atoms with van der Waals surface area (Å²) in [5.74, 6) is 0.0103. The summed E-state index contributed by atoms with van der Waals surface area (Å²) < 4.78 is 10.8. The molecule has 3 amide bonds. The molecule has 158 valence electrons. The zero-order chi connectivity index (χ0) is 20.9. The molecule has 0 bridgehead atoms. The van der Waals surface area contributed by atoms with E-state index in [4.69, 9.17) is 9.15 Å². The van der Waals surface area contributed by atoms with Crippen LogP contribution in [0.25, 0.3) is 0 Å². The van der Waals surface area contributed by atoms with Crippen molar-refractivity contribution < 1.29 is 18.7 Å². The highest BCUT2D eigenvalue weighted by Crippen LogP contribution is 2.17. The molecule has 2 aliphatic rings. The first-order valence-corrected chi connectivity index (χ1v) is 9.95. The summed E-state index contributed by atoms with van der Waals surface area (Å²) in [7, 11) is 0. The van der Waals surface area contributed by atoms with Crippen LogP contribution in [0.5, 0.6) is 5.75 Å². The Bertz CT molecular complexity index is 953. The van der Waals surface area contributed by atoms with Crippen LogP contribution in [-0.2, 0) is 11.3 Å². The number of nitrogens with one attached hydrogen (secondary N) is 1. The number of piperazine rings is 1. The van der Waals surface area contributed by atoms with Crippen LogP contribution in [0.15, 0.2) is 51.9 Å². The SMILES string of the molecule is O=C(COc1coc(CN2CCN(c3ccccc3)CC2)cc1=O)N1CCNC1=O. The molecule has 0 unspecified atom stereocenters. The van der Waals surface area contributed by atoms with Crippen LogP contribution < -0.4 is 20.4 Å². The first-order chi connectivity index (χ1) is 14.6. The highest BCUT2D eigenvalue weighted by atomic mass is 16.5. The molecule has 0 aliphatic carbocycles. The van der Waals surface area contributed by atoms with Gasteiger partial charge in [0.2, 0.25) is 11.2 Å². The number of carbonyl (C=O) groups is 2. The lowest BCUT2D eigenvalue weighted by Crippen LogP contribution is -2.46. The third-order valence-electron chi connectivity index (χ3n) is 5.23. The Hall–Kier alpha value is -3.33. The Balaban J connectivity index is 1.28. The molecule has 9 nitrogen and oxygen atoms in total. The molecule has 1 aromatic carbocycles. The van der Waals surface area contributed by atoms with E-state index >= 15 is 0 Å². The molecule has 9 heteroatoms. The second-order valence-electron chi connectivity index (χ2n) is 7.24. The van der Waals surface area contributed by atoms with Crippen LogP contribution >= 0.6 is 0 Å². The summed E-state index contributed by atoms with van der Waals surface area (Å²) in [6.45, 7) is 4.40. The maximum absolute atomic E-state index is 12.3. The van der Waals surface area contributed by atoms with E-state index in [2.05, 4.69) is 27.2 Å². The van der Waals surface area contributed by atoms with Gasteiger partial charge in [-0.1, -0.05) is 18.2 Å². The molecule has 30 heavy (non-hydrogen) atoms. The number of imide groups is 1. The Morgan fingerprint density at radius 1 is 1.07 bits per heavy atom. The zero-order valence-corrected chi connectivity index (χ0v) is 16.6. The number of hydrogen-bond donors (Lipinski definition) is 1. The van der Waals surface area contributed by atoms with Crippen molar-refractivity contribution >= 4 is 17.6 Å². The number of benzene rings is 1. The Kier molecular flexibility index (Phi) is 5.99. The van der Waals surface area contributed by atoms with E-state index in [0.29, 0.717) is 25.4 Å². The van der Waals surface area contributed by atoms with Gasteiger partial charge in [-0.25, -0.2) is 4.79 Å². The quantitative estimate of drug-likeness (QED) is 0.753. The van der Waals surface area contributed by atoms with Crippen LogP contribution in [0, 0.1) is 0 Å². The van der Waals surface area contributed by atoms with E-state index in [-0.39, 0.29) is 17.8 Å². The molecule has 0 radical (unpaired) electrons. The number of carbonyl (C=O) groups excluding carboxylic acids is 2. The molecule has 2 saturated heterocycles. The second-order valence-corrected chi connectivity index (χ2v) is 7.24. The van der Waals surface area contributed by atoms with Gasteiger partial charge in [0.05, 0.1) is 6.54 Å². The third-order valence-corrected chi connectivity index (χ3v) is 5.23. The number of para-hydroxylation sites is 1. The molecule has 0 spiro atoms. The van der Waals surface area contributed by atoms with E-state index in [0.717, 1.165) is 31.1 Å². The first kappa shape index (κ1) is 20.0. The minimum atomic E-state index is -0.496. The number of hydrogen-bond acceptors (Lipinski definition) is 7. The highest BCUT2D eigenvalue weighted by Gasteiger charge is 2.26. The molecule has 0 saturated carbocycles. The van der Waals surface area contributed by atoms with Crippen LogP contribution in [-0.4, -0.2) is 67.6 Å². The zero-order valence-electron chi connectivity index (χ0n) is 16.6. The standard InChI is InChI=1S/C21H24N4O5/c26-18-12-17(13-23-8-10-24(11-9-23)16-4-2-1-3-5-16)29-14-19(18)30-15-20(27)25-7-6-22-21(25)28/h1-5,12,14H,6-11,13,15H2,(H,22,28). The van der Waals surface area contributed by atoms with E-state index in [1.807, 2.05) is 18.2 Å². The van der Waals surface area contributed by atoms with Crippen molar-refractivity contribution in [1.82, 2.24) is 15.1 Å². The average molecular weight is 412 g/mol. The van der Waals surface area contributed by atoms with Gasteiger partial charge >= 0.3 is 6.03 Å². The maximum atomic E-state index is 12.3. The molecule has 3 heterocycles. The van der Waals surface area contributed by atoms with Crippen molar-refractivity contribution in [3.8, 4) is 5.75 Å². The van der Waals surface area contributed by atoms with Crippen molar-refractivity contribution in [1.29, 1.82) is 0 Å². The van der Waals surface area contributed by atoms with E-state index < -0.39 is 11.9 Å². The molecule has 1 N–H and O–H groups in total. The number of amides is 3. The molecule has 2 fully saturated rings. The van der Waals surface area contributed by atoms with Gasteiger partial charge < -0.3 is 19.4 Å². The summed E-state index contributed by atoms with van der Waals surface area (Å²) >= 11 is 0. The van der Waals surface area contributed by atoms with Gasteiger partial charge in [-0.3, -0.25) is 19.4 Å². The van der Waals surface area contributed by atoms with Crippen LogP contribution in [0.4, 0.5) is 10.5 Å². The van der Waals surface area contributed by atoms with Gasteiger partial charge in [0, 0.05) is 51.0 Å². The second kappa shape index (κ2) is 9.00.